The number of hydrogen-bond donors (Lipinski definition) is 1. The van der Waals surface area contributed by atoms with Gasteiger partial charge >= 0.3 is 5.97 Å². The minimum atomic E-state index is -0.756. The Bertz CT molecular complexity index is 668. The number of carbonyl (C=O) groups is 3. The summed E-state index contributed by atoms with van der Waals surface area (Å²) in [6, 6.07) is 9.65. The molecule has 0 radical (unpaired) electrons. The molecule has 5 nitrogen and oxygen atoms in total. The number of amides is 1. The topological polar surface area (TPSA) is 74.7 Å². The Morgan fingerprint density at radius 3 is 2.57 bits per heavy atom. The van der Waals surface area contributed by atoms with Gasteiger partial charge in [0.25, 0.3) is 0 Å². The molecule has 0 aliphatic carbocycles. The molecule has 2 rings (SSSR count). The predicted molar refractivity (Wildman–Crippen MR) is 109 cm³/mol. The van der Waals surface area contributed by atoms with Gasteiger partial charge in [0.15, 0.2) is 5.78 Å². The summed E-state index contributed by atoms with van der Waals surface area (Å²) in [4.78, 5) is 37.2. The monoisotopic (exact) mass is 385 g/mol. The molecule has 1 N–H and O–H groups in total. The summed E-state index contributed by atoms with van der Waals surface area (Å²) in [6.07, 6.45) is 10.8. The van der Waals surface area contributed by atoms with Crippen LogP contribution in [-0.2, 0) is 20.8 Å². The molecule has 28 heavy (non-hydrogen) atoms. The number of nitrogens with zero attached hydrogens (tertiary/aromatic N) is 1. The van der Waals surface area contributed by atoms with E-state index in [9.17, 15) is 14.4 Å². The second-order valence-electron chi connectivity index (χ2n) is 7.45. The van der Waals surface area contributed by atoms with E-state index in [1.54, 1.807) is 6.08 Å². The van der Waals surface area contributed by atoms with Gasteiger partial charge in [0.05, 0.1) is 6.04 Å². The lowest BCUT2D eigenvalue weighted by atomic mass is 10.1. The molecule has 1 amide bonds. The maximum atomic E-state index is 12.5. The van der Waals surface area contributed by atoms with Gasteiger partial charge in [-0.3, -0.25) is 14.4 Å². The Labute approximate surface area is 167 Å². The van der Waals surface area contributed by atoms with Crippen LogP contribution in [0.4, 0.5) is 0 Å². The third-order valence-corrected chi connectivity index (χ3v) is 5.13. The molecule has 0 saturated carbocycles. The highest BCUT2D eigenvalue weighted by Gasteiger charge is 2.24. The van der Waals surface area contributed by atoms with Crippen LogP contribution >= 0.6 is 0 Å². The van der Waals surface area contributed by atoms with Gasteiger partial charge in [-0.1, -0.05) is 55.7 Å². The average molecular weight is 386 g/mol. The van der Waals surface area contributed by atoms with Crippen molar-refractivity contribution in [2.75, 3.05) is 6.54 Å². The molecule has 1 unspecified atom stereocenters. The smallest absolute Gasteiger partial charge is 0.303 e. The Hall–Kier alpha value is -2.43. The van der Waals surface area contributed by atoms with Gasteiger partial charge in [-0.25, -0.2) is 0 Å². The average Bonchev–Trinajstić information content (AvgIpc) is 2.85. The molecule has 1 atom stereocenters. The van der Waals surface area contributed by atoms with E-state index in [1.165, 1.54) is 0 Å². The van der Waals surface area contributed by atoms with Crippen molar-refractivity contribution in [3.05, 3.63) is 48.0 Å². The van der Waals surface area contributed by atoms with Crippen LogP contribution in [0.25, 0.3) is 0 Å². The van der Waals surface area contributed by atoms with Gasteiger partial charge in [0, 0.05) is 25.8 Å². The molecule has 0 bridgehead atoms. The largest absolute Gasteiger partial charge is 0.481 e. The molecule has 1 heterocycles. The summed E-state index contributed by atoms with van der Waals surface area (Å²) in [5.41, 5.74) is 0.993. The molecule has 1 aliphatic heterocycles. The summed E-state index contributed by atoms with van der Waals surface area (Å²) < 4.78 is 0. The fourth-order valence-electron chi connectivity index (χ4n) is 3.59. The fraction of sp³-hybridized carbons (Fsp3) is 0.522. The second kappa shape index (κ2) is 12.1. The van der Waals surface area contributed by atoms with Crippen LogP contribution in [0.3, 0.4) is 0 Å². The van der Waals surface area contributed by atoms with E-state index in [1.807, 2.05) is 41.3 Å². The molecule has 5 heteroatoms. The lowest BCUT2D eigenvalue weighted by molar-refractivity contribution is -0.137. The van der Waals surface area contributed by atoms with Crippen molar-refractivity contribution in [3.63, 3.8) is 0 Å². The highest BCUT2D eigenvalue weighted by molar-refractivity contribution is 5.91. The van der Waals surface area contributed by atoms with Crippen molar-refractivity contribution >= 4 is 17.7 Å². The zero-order valence-electron chi connectivity index (χ0n) is 16.5. The number of hydrogen-bond acceptors (Lipinski definition) is 3. The first-order valence-corrected chi connectivity index (χ1v) is 10.3. The lowest BCUT2D eigenvalue weighted by Crippen LogP contribution is -2.38. The summed E-state index contributed by atoms with van der Waals surface area (Å²) in [5.74, 6) is -0.544. The van der Waals surface area contributed by atoms with Crippen LogP contribution in [0.15, 0.2) is 42.5 Å². The quantitative estimate of drug-likeness (QED) is 0.458. The number of aliphatic carboxylic acids is 1. The van der Waals surface area contributed by atoms with Gasteiger partial charge in [-0.15, -0.1) is 0 Å². The third kappa shape index (κ3) is 8.07. The molecule has 1 aromatic carbocycles. The first kappa shape index (κ1) is 21.9. The minimum absolute atomic E-state index is 0.0197. The van der Waals surface area contributed by atoms with Crippen molar-refractivity contribution in [1.82, 2.24) is 4.90 Å². The van der Waals surface area contributed by atoms with Crippen molar-refractivity contribution < 1.29 is 19.5 Å². The van der Waals surface area contributed by atoms with Crippen molar-refractivity contribution in [3.8, 4) is 0 Å². The van der Waals surface area contributed by atoms with Crippen molar-refractivity contribution in [2.24, 2.45) is 0 Å². The highest BCUT2D eigenvalue weighted by Crippen LogP contribution is 2.20. The van der Waals surface area contributed by atoms with E-state index in [0.29, 0.717) is 25.8 Å². The van der Waals surface area contributed by atoms with Crippen LogP contribution in [0, 0.1) is 0 Å². The van der Waals surface area contributed by atoms with E-state index in [2.05, 4.69) is 0 Å². The first-order chi connectivity index (χ1) is 13.6. The van der Waals surface area contributed by atoms with Gasteiger partial charge < -0.3 is 10.0 Å². The molecule has 152 valence electrons. The molecule has 1 fully saturated rings. The standard InChI is InChI=1S/C23H31NO4/c25-21(18-19-10-4-3-5-11-19)16-15-20-12-7-8-13-22(26)24(20)17-9-2-1-6-14-23(27)28/h3-5,10-11,15-16,20H,1-2,6-9,12-14,17-18H2,(H,27,28)/b16-15+. The van der Waals surface area contributed by atoms with Crippen LogP contribution in [0.1, 0.15) is 63.4 Å². The van der Waals surface area contributed by atoms with Crippen molar-refractivity contribution in [2.45, 2.75) is 70.3 Å². The number of ketones is 1. The van der Waals surface area contributed by atoms with E-state index < -0.39 is 5.97 Å². The SMILES string of the molecule is O=C(O)CCCCCCN1C(=O)CCCCC1/C=C/C(=O)Cc1ccccc1. The molecule has 1 aliphatic rings. The summed E-state index contributed by atoms with van der Waals surface area (Å²) >= 11 is 0. The molecule has 0 spiro atoms. The summed E-state index contributed by atoms with van der Waals surface area (Å²) in [7, 11) is 0. The van der Waals surface area contributed by atoms with Gasteiger partial charge in [0.1, 0.15) is 0 Å². The number of likely N-dealkylation sites (tertiary alicyclic amines) is 1. The number of unbranched alkanes of at least 4 members (excludes halogenated alkanes) is 3. The predicted octanol–water partition coefficient (Wildman–Crippen LogP) is 4.16. The van der Waals surface area contributed by atoms with Crippen LogP contribution in [0.2, 0.25) is 0 Å². The lowest BCUT2D eigenvalue weighted by Gasteiger charge is -2.28. The molecule has 0 aromatic heterocycles. The van der Waals surface area contributed by atoms with E-state index in [4.69, 9.17) is 5.11 Å². The minimum Gasteiger partial charge on any atom is -0.481 e. The zero-order valence-corrected chi connectivity index (χ0v) is 16.5. The van der Waals surface area contributed by atoms with E-state index in [0.717, 1.165) is 44.1 Å². The highest BCUT2D eigenvalue weighted by atomic mass is 16.4. The van der Waals surface area contributed by atoms with Crippen LogP contribution in [0.5, 0.6) is 0 Å². The number of rotatable bonds is 11. The molecule has 1 aromatic rings. The normalized spacial score (nSPS) is 17.6. The summed E-state index contributed by atoms with van der Waals surface area (Å²) in [6.45, 7) is 0.674. The maximum Gasteiger partial charge on any atom is 0.303 e. The Morgan fingerprint density at radius 2 is 1.82 bits per heavy atom. The second-order valence-corrected chi connectivity index (χ2v) is 7.45. The number of carboxylic acids is 1. The van der Waals surface area contributed by atoms with E-state index in [-0.39, 0.29) is 24.2 Å². The molecule has 1 saturated heterocycles. The maximum absolute atomic E-state index is 12.5. The zero-order chi connectivity index (χ0) is 20.2. The van der Waals surface area contributed by atoms with Gasteiger partial charge in [-0.2, -0.15) is 0 Å². The Kier molecular flexibility index (Phi) is 9.46. The van der Waals surface area contributed by atoms with Crippen LogP contribution < -0.4 is 0 Å². The number of benzene rings is 1. The van der Waals surface area contributed by atoms with Gasteiger partial charge in [0.2, 0.25) is 5.91 Å². The fourth-order valence-corrected chi connectivity index (χ4v) is 3.59. The Morgan fingerprint density at radius 1 is 1.07 bits per heavy atom. The number of allylic oxidation sites excluding steroid dienone is 1. The van der Waals surface area contributed by atoms with E-state index >= 15 is 0 Å². The van der Waals surface area contributed by atoms with Gasteiger partial charge in [-0.05, 0) is 37.3 Å². The van der Waals surface area contributed by atoms with Crippen LogP contribution in [-0.4, -0.2) is 40.3 Å². The summed E-state index contributed by atoms with van der Waals surface area (Å²) in [5, 5.41) is 8.68. The molecular formula is C23H31NO4. The molecular weight excluding hydrogens is 354 g/mol. The number of carbonyl (C=O) groups excluding carboxylic acids is 2. The Balaban J connectivity index is 1.86. The number of carboxylic acid groups (broad SMARTS) is 1. The third-order valence-electron chi connectivity index (χ3n) is 5.13. The van der Waals surface area contributed by atoms with Crippen molar-refractivity contribution in [1.29, 1.82) is 0 Å². The first-order valence-electron chi connectivity index (χ1n) is 10.3.